The van der Waals surface area contributed by atoms with Gasteiger partial charge in [-0.25, -0.2) is 0 Å². The van der Waals surface area contributed by atoms with Crippen LogP contribution in [0.2, 0.25) is 0 Å². The molecule has 0 radical (unpaired) electrons. The van der Waals surface area contributed by atoms with Gasteiger partial charge in [0.25, 0.3) is 0 Å². The smallest absolute Gasteiger partial charge is 0.00342 e. The van der Waals surface area contributed by atoms with Gasteiger partial charge in [0.1, 0.15) is 0 Å². The molecule has 0 unspecified atom stereocenters. The first kappa shape index (κ1) is 6.70. The van der Waals surface area contributed by atoms with Crippen molar-refractivity contribution in [2.75, 3.05) is 12.0 Å². The van der Waals surface area contributed by atoms with E-state index in [9.17, 15) is 0 Å². The fourth-order valence-corrected chi connectivity index (χ4v) is 1.50. The second-order valence-corrected chi connectivity index (χ2v) is 3.67. The third kappa shape index (κ3) is 4.70. The molecule has 0 amide bonds. The van der Waals surface area contributed by atoms with Gasteiger partial charge in [-0.15, -0.1) is 0 Å². The van der Waals surface area contributed by atoms with E-state index in [0.717, 1.165) is 0 Å². The van der Waals surface area contributed by atoms with Crippen LogP contribution >= 0.6 is 21.6 Å². The fraction of sp³-hybridized carbons (Fsp3) is 1.00. The average molecular weight is 122 g/mol. The molecule has 0 bridgehead atoms. The lowest BCUT2D eigenvalue weighted by Gasteiger charge is -1.86. The molecule has 0 aliphatic carbocycles. The molecule has 0 N–H and O–H groups in total. The van der Waals surface area contributed by atoms with Gasteiger partial charge in [-0.3, -0.25) is 0 Å². The molecule has 6 heavy (non-hydrogen) atoms. The van der Waals surface area contributed by atoms with Crippen LogP contribution in [0.15, 0.2) is 0 Å². The SMILES string of the molecule is CCCSSC. The van der Waals surface area contributed by atoms with E-state index in [1.165, 1.54) is 12.2 Å². The van der Waals surface area contributed by atoms with Gasteiger partial charge in [-0.1, -0.05) is 28.5 Å². The summed E-state index contributed by atoms with van der Waals surface area (Å²) in [6.45, 7) is 2.20. The van der Waals surface area contributed by atoms with Gasteiger partial charge in [0.05, 0.1) is 0 Å². The molecule has 0 aromatic rings. The fourth-order valence-electron chi connectivity index (χ4n) is 0.167. The summed E-state index contributed by atoms with van der Waals surface area (Å²) in [6, 6.07) is 0. The highest BCUT2D eigenvalue weighted by Gasteiger charge is 1.75. The Morgan fingerprint density at radius 3 is 2.33 bits per heavy atom. The molecule has 0 atom stereocenters. The number of hydrogen-bond acceptors (Lipinski definition) is 2. The van der Waals surface area contributed by atoms with Gasteiger partial charge in [-0.05, 0) is 12.7 Å². The lowest BCUT2D eigenvalue weighted by atomic mass is 10.6. The summed E-state index contributed by atoms with van der Waals surface area (Å²) in [6.07, 6.45) is 3.41. The van der Waals surface area contributed by atoms with Crippen LogP contribution in [0.25, 0.3) is 0 Å². The minimum Gasteiger partial charge on any atom is -0.0976 e. The van der Waals surface area contributed by atoms with Crippen LogP contribution in [0.5, 0.6) is 0 Å². The zero-order chi connectivity index (χ0) is 4.83. The maximum atomic E-state index is 2.20. The Labute approximate surface area is 47.5 Å². The number of hydrogen-bond donors (Lipinski definition) is 0. The summed E-state index contributed by atoms with van der Waals surface area (Å²) in [5.74, 6) is 1.29. The van der Waals surface area contributed by atoms with Crippen LogP contribution < -0.4 is 0 Å². The van der Waals surface area contributed by atoms with E-state index in [2.05, 4.69) is 13.2 Å². The highest BCUT2D eigenvalue weighted by molar-refractivity contribution is 8.76. The first-order chi connectivity index (χ1) is 2.91. The lowest BCUT2D eigenvalue weighted by Crippen LogP contribution is -1.63. The Bertz CT molecular complexity index is 17.5. The van der Waals surface area contributed by atoms with Gasteiger partial charge < -0.3 is 0 Å². The van der Waals surface area contributed by atoms with Crippen molar-refractivity contribution in [1.82, 2.24) is 0 Å². The molecule has 0 fully saturated rings. The second kappa shape index (κ2) is 5.70. The van der Waals surface area contributed by atoms with E-state index in [-0.39, 0.29) is 0 Å². The Kier molecular flexibility index (Phi) is 6.36. The zero-order valence-electron chi connectivity index (χ0n) is 4.23. The molecule has 0 nitrogen and oxygen atoms in total. The summed E-state index contributed by atoms with van der Waals surface area (Å²) in [7, 11) is 3.77. The first-order valence-corrected chi connectivity index (χ1v) is 4.80. The standard InChI is InChI=1S/C4H10S2/c1-3-4-6-5-2/h3-4H2,1-2H3. The van der Waals surface area contributed by atoms with Crippen molar-refractivity contribution < 1.29 is 0 Å². The molecule has 0 heterocycles. The van der Waals surface area contributed by atoms with Gasteiger partial charge >= 0.3 is 0 Å². The Hall–Kier alpha value is 0.700. The van der Waals surface area contributed by atoms with Crippen LogP contribution in [-0.2, 0) is 0 Å². The molecule has 0 rings (SSSR count). The summed E-state index contributed by atoms with van der Waals surface area (Å²) in [5, 5.41) is 0. The van der Waals surface area contributed by atoms with Gasteiger partial charge in [0.2, 0.25) is 0 Å². The molecule has 38 valence electrons. The predicted molar refractivity (Wildman–Crippen MR) is 36.3 cm³/mol. The second-order valence-electron chi connectivity index (χ2n) is 0.989. The van der Waals surface area contributed by atoms with E-state index < -0.39 is 0 Å². The third-order valence-corrected chi connectivity index (χ3v) is 2.42. The van der Waals surface area contributed by atoms with Crippen molar-refractivity contribution in [2.45, 2.75) is 13.3 Å². The van der Waals surface area contributed by atoms with Crippen molar-refractivity contribution in [2.24, 2.45) is 0 Å². The minimum absolute atomic E-state index is 1.29. The first-order valence-electron chi connectivity index (χ1n) is 2.07. The Balaban J connectivity index is 2.34. The van der Waals surface area contributed by atoms with Crippen LogP contribution in [0.3, 0.4) is 0 Å². The maximum Gasteiger partial charge on any atom is 0.00342 e. The topological polar surface area (TPSA) is 0 Å². The molecule has 0 saturated heterocycles. The molecule has 2 heteroatoms. The highest BCUT2D eigenvalue weighted by Crippen LogP contribution is 2.16. The van der Waals surface area contributed by atoms with Crippen LogP contribution in [-0.4, -0.2) is 12.0 Å². The van der Waals surface area contributed by atoms with E-state index in [1.54, 1.807) is 0 Å². The predicted octanol–water partition coefficient (Wildman–Crippen LogP) is 2.41. The largest absolute Gasteiger partial charge is 0.0976 e. The molecular formula is C4H10S2. The summed E-state index contributed by atoms with van der Waals surface area (Å²) in [4.78, 5) is 0. The number of rotatable bonds is 3. The summed E-state index contributed by atoms with van der Waals surface area (Å²) >= 11 is 0. The molecule has 0 saturated carbocycles. The van der Waals surface area contributed by atoms with Crippen LogP contribution in [0.1, 0.15) is 13.3 Å². The van der Waals surface area contributed by atoms with E-state index in [0.29, 0.717) is 0 Å². The highest BCUT2D eigenvalue weighted by atomic mass is 33.1. The monoisotopic (exact) mass is 122 g/mol. The van der Waals surface area contributed by atoms with Gasteiger partial charge in [0, 0.05) is 5.75 Å². The Morgan fingerprint density at radius 1 is 1.50 bits per heavy atom. The minimum atomic E-state index is 1.29. The van der Waals surface area contributed by atoms with Crippen molar-refractivity contribution in [3.8, 4) is 0 Å². The quantitative estimate of drug-likeness (QED) is 0.416. The normalized spacial score (nSPS) is 9.00. The molecule has 0 aromatic carbocycles. The average Bonchev–Trinajstić information content (AvgIpc) is 1.61. The maximum absolute atomic E-state index is 2.20. The molecular weight excluding hydrogens is 112 g/mol. The van der Waals surface area contributed by atoms with Gasteiger partial charge in [0.15, 0.2) is 0 Å². The Morgan fingerprint density at radius 2 is 2.17 bits per heavy atom. The molecule has 0 spiro atoms. The van der Waals surface area contributed by atoms with Crippen LogP contribution in [0.4, 0.5) is 0 Å². The summed E-state index contributed by atoms with van der Waals surface area (Å²) in [5.41, 5.74) is 0. The summed E-state index contributed by atoms with van der Waals surface area (Å²) < 4.78 is 0. The molecule has 0 aromatic heterocycles. The van der Waals surface area contributed by atoms with Crippen molar-refractivity contribution in [3.63, 3.8) is 0 Å². The third-order valence-electron chi connectivity index (χ3n) is 0.405. The lowest BCUT2D eigenvalue weighted by molar-refractivity contribution is 1.11. The molecule has 0 aliphatic heterocycles. The van der Waals surface area contributed by atoms with E-state index in [1.807, 2.05) is 21.6 Å². The zero-order valence-corrected chi connectivity index (χ0v) is 5.86. The molecule has 0 aliphatic rings. The van der Waals surface area contributed by atoms with Crippen molar-refractivity contribution >= 4 is 21.6 Å². The van der Waals surface area contributed by atoms with E-state index >= 15 is 0 Å². The van der Waals surface area contributed by atoms with Gasteiger partial charge in [-0.2, -0.15) is 0 Å². The van der Waals surface area contributed by atoms with Crippen LogP contribution in [0, 0.1) is 0 Å². The van der Waals surface area contributed by atoms with Crippen molar-refractivity contribution in [1.29, 1.82) is 0 Å². The van der Waals surface area contributed by atoms with Crippen molar-refractivity contribution in [3.05, 3.63) is 0 Å². The van der Waals surface area contributed by atoms with E-state index in [4.69, 9.17) is 0 Å².